The Hall–Kier alpha value is -0.810. The van der Waals surface area contributed by atoms with Gasteiger partial charge in [0, 0.05) is 24.2 Å². The van der Waals surface area contributed by atoms with Crippen LogP contribution >= 0.6 is 24.0 Å². The number of carbonyl (C=O) groups excluding carboxylic acids is 1. The molecular formula is C20H31Cl2N3O. The zero-order valence-electron chi connectivity index (χ0n) is 15.3. The first kappa shape index (κ1) is 21.5. The van der Waals surface area contributed by atoms with Gasteiger partial charge < -0.3 is 11.1 Å². The van der Waals surface area contributed by atoms with Crippen molar-refractivity contribution < 1.29 is 4.79 Å². The highest BCUT2D eigenvalue weighted by Crippen LogP contribution is 2.27. The number of hydrogen-bond donors (Lipinski definition) is 2. The number of benzene rings is 1. The molecular weight excluding hydrogens is 369 g/mol. The Morgan fingerprint density at radius 3 is 2.73 bits per heavy atom. The van der Waals surface area contributed by atoms with E-state index in [9.17, 15) is 4.79 Å². The van der Waals surface area contributed by atoms with E-state index in [-0.39, 0.29) is 30.4 Å². The van der Waals surface area contributed by atoms with Crippen LogP contribution in [-0.4, -0.2) is 36.0 Å². The van der Waals surface area contributed by atoms with Crippen LogP contribution in [0.5, 0.6) is 0 Å². The number of hydrogen-bond acceptors (Lipinski definition) is 3. The minimum atomic E-state index is -0.0335. The molecule has 1 heterocycles. The zero-order valence-corrected chi connectivity index (χ0v) is 16.9. The fraction of sp³-hybridized carbons (Fsp3) is 0.650. The summed E-state index contributed by atoms with van der Waals surface area (Å²) in [5, 5.41) is 3.77. The van der Waals surface area contributed by atoms with Crippen molar-refractivity contribution in [3.05, 3.63) is 34.9 Å². The maximum atomic E-state index is 12.6. The summed E-state index contributed by atoms with van der Waals surface area (Å²) in [6, 6.07) is 7.80. The van der Waals surface area contributed by atoms with Gasteiger partial charge in [0.15, 0.2) is 0 Å². The summed E-state index contributed by atoms with van der Waals surface area (Å²) in [4.78, 5) is 14.9. The van der Waals surface area contributed by atoms with E-state index in [0.717, 1.165) is 31.5 Å². The number of carbonyl (C=O) groups is 1. The van der Waals surface area contributed by atoms with Gasteiger partial charge in [-0.2, -0.15) is 0 Å². The fourth-order valence-electron chi connectivity index (χ4n) is 4.28. The summed E-state index contributed by atoms with van der Waals surface area (Å²) >= 11 is 6.01. The molecule has 1 amide bonds. The van der Waals surface area contributed by atoms with Gasteiger partial charge in [0.2, 0.25) is 5.91 Å². The number of nitrogens with two attached hydrogens (primary N) is 1. The lowest BCUT2D eigenvalue weighted by Crippen LogP contribution is -2.49. The molecule has 0 unspecified atom stereocenters. The normalized spacial score (nSPS) is 22.6. The molecule has 1 aromatic rings. The van der Waals surface area contributed by atoms with E-state index in [1.165, 1.54) is 32.1 Å². The summed E-state index contributed by atoms with van der Waals surface area (Å²) in [5.74, 6) is 0.748. The molecule has 1 saturated carbocycles. The second-order valence-corrected chi connectivity index (χ2v) is 8.00. The van der Waals surface area contributed by atoms with Crippen LogP contribution in [0.2, 0.25) is 5.02 Å². The van der Waals surface area contributed by atoms with Crippen molar-refractivity contribution in [2.75, 3.05) is 13.1 Å². The van der Waals surface area contributed by atoms with E-state index in [0.29, 0.717) is 17.5 Å². The summed E-state index contributed by atoms with van der Waals surface area (Å²) in [6.07, 6.45) is 8.47. The Morgan fingerprint density at radius 1 is 1.23 bits per heavy atom. The SMILES string of the molecule is Cl.N[C@@H](CN1CCC[C@H]1C(=O)NCc1cccc(Cl)c1)C1CCCCC1. The van der Waals surface area contributed by atoms with Crippen molar-refractivity contribution in [3.8, 4) is 0 Å². The predicted molar refractivity (Wildman–Crippen MR) is 110 cm³/mol. The van der Waals surface area contributed by atoms with Crippen LogP contribution in [0.3, 0.4) is 0 Å². The van der Waals surface area contributed by atoms with E-state index in [1.807, 2.05) is 24.3 Å². The molecule has 1 aliphatic heterocycles. The van der Waals surface area contributed by atoms with Crippen molar-refractivity contribution in [3.63, 3.8) is 0 Å². The molecule has 146 valence electrons. The zero-order chi connectivity index (χ0) is 17.6. The molecule has 2 aliphatic rings. The van der Waals surface area contributed by atoms with Crippen molar-refractivity contribution in [2.24, 2.45) is 11.7 Å². The lowest BCUT2D eigenvalue weighted by Gasteiger charge is -2.32. The van der Waals surface area contributed by atoms with Gasteiger partial charge in [-0.3, -0.25) is 9.69 Å². The molecule has 3 N–H and O–H groups in total. The van der Waals surface area contributed by atoms with Crippen molar-refractivity contribution >= 4 is 29.9 Å². The number of nitrogens with zero attached hydrogens (tertiary/aromatic N) is 1. The fourth-order valence-corrected chi connectivity index (χ4v) is 4.49. The maximum absolute atomic E-state index is 12.6. The van der Waals surface area contributed by atoms with Crippen LogP contribution in [-0.2, 0) is 11.3 Å². The van der Waals surface area contributed by atoms with Crippen LogP contribution in [0.1, 0.15) is 50.5 Å². The third-order valence-corrected chi connectivity index (χ3v) is 5.96. The number of amides is 1. The molecule has 1 saturated heterocycles. The standard InChI is InChI=1S/C20H30ClN3O.ClH/c21-17-9-4-6-15(12-17)13-23-20(25)19-10-5-11-24(19)14-18(22)16-7-2-1-3-8-16;/h4,6,9,12,16,18-19H,1-3,5,7-8,10-11,13-14,22H2,(H,23,25);1H/t18-,19-;/m0./s1. The van der Waals surface area contributed by atoms with Crippen molar-refractivity contribution in [2.45, 2.75) is 63.6 Å². The first-order valence-electron chi connectivity index (χ1n) is 9.65. The number of likely N-dealkylation sites (tertiary alicyclic amines) is 1. The van der Waals surface area contributed by atoms with Crippen LogP contribution in [0, 0.1) is 5.92 Å². The molecule has 0 radical (unpaired) electrons. The smallest absolute Gasteiger partial charge is 0.237 e. The minimum absolute atomic E-state index is 0. The second-order valence-electron chi connectivity index (χ2n) is 7.56. The Kier molecular flexibility index (Phi) is 8.68. The van der Waals surface area contributed by atoms with Gasteiger partial charge >= 0.3 is 0 Å². The van der Waals surface area contributed by atoms with Gasteiger partial charge in [0.1, 0.15) is 0 Å². The third kappa shape index (κ3) is 5.85. The topological polar surface area (TPSA) is 58.4 Å². The van der Waals surface area contributed by atoms with Gasteiger partial charge in [0.25, 0.3) is 0 Å². The summed E-state index contributed by atoms with van der Waals surface area (Å²) in [5.41, 5.74) is 7.52. The minimum Gasteiger partial charge on any atom is -0.351 e. The molecule has 2 atom stereocenters. The largest absolute Gasteiger partial charge is 0.351 e. The van der Waals surface area contributed by atoms with Crippen molar-refractivity contribution in [1.29, 1.82) is 0 Å². The number of nitrogens with one attached hydrogen (secondary N) is 1. The molecule has 0 aromatic heterocycles. The van der Waals surface area contributed by atoms with Crippen LogP contribution in [0.15, 0.2) is 24.3 Å². The molecule has 1 aliphatic carbocycles. The molecule has 2 fully saturated rings. The number of halogens is 2. The Balaban J connectivity index is 0.00000243. The van der Waals surface area contributed by atoms with E-state index < -0.39 is 0 Å². The van der Waals surface area contributed by atoms with Gasteiger partial charge in [-0.25, -0.2) is 0 Å². The van der Waals surface area contributed by atoms with E-state index in [2.05, 4.69) is 10.2 Å². The monoisotopic (exact) mass is 399 g/mol. The molecule has 26 heavy (non-hydrogen) atoms. The lowest BCUT2D eigenvalue weighted by atomic mass is 9.84. The van der Waals surface area contributed by atoms with Crippen molar-refractivity contribution in [1.82, 2.24) is 10.2 Å². The summed E-state index contributed by atoms with van der Waals surface area (Å²) in [7, 11) is 0. The molecule has 0 bridgehead atoms. The molecule has 1 aromatic carbocycles. The van der Waals surface area contributed by atoms with Gasteiger partial charge in [-0.1, -0.05) is 43.0 Å². The average molecular weight is 400 g/mol. The second kappa shape index (κ2) is 10.5. The summed E-state index contributed by atoms with van der Waals surface area (Å²) < 4.78 is 0. The maximum Gasteiger partial charge on any atom is 0.237 e. The van der Waals surface area contributed by atoms with Crippen LogP contribution < -0.4 is 11.1 Å². The predicted octanol–water partition coefficient (Wildman–Crippen LogP) is 3.75. The number of rotatable bonds is 6. The van der Waals surface area contributed by atoms with E-state index >= 15 is 0 Å². The quantitative estimate of drug-likeness (QED) is 0.765. The molecule has 3 rings (SSSR count). The van der Waals surface area contributed by atoms with Gasteiger partial charge in [-0.15, -0.1) is 12.4 Å². The Bertz CT molecular complexity index is 578. The summed E-state index contributed by atoms with van der Waals surface area (Å²) in [6.45, 7) is 2.36. The molecule has 0 spiro atoms. The third-order valence-electron chi connectivity index (χ3n) is 5.72. The highest BCUT2D eigenvalue weighted by molar-refractivity contribution is 6.30. The first-order chi connectivity index (χ1) is 12.1. The van der Waals surface area contributed by atoms with Crippen LogP contribution in [0.25, 0.3) is 0 Å². The van der Waals surface area contributed by atoms with Gasteiger partial charge in [-0.05, 0) is 55.8 Å². The molecule has 6 heteroatoms. The lowest BCUT2D eigenvalue weighted by molar-refractivity contribution is -0.125. The highest BCUT2D eigenvalue weighted by Gasteiger charge is 2.33. The van der Waals surface area contributed by atoms with Crippen LogP contribution in [0.4, 0.5) is 0 Å². The highest BCUT2D eigenvalue weighted by atomic mass is 35.5. The Labute approximate surface area is 168 Å². The van der Waals surface area contributed by atoms with E-state index in [4.69, 9.17) is 17.3 Å². The Morgan fingerprint density at radius 2 is 2.00 bits per heavy atom. The molecule has 4 nitrogen and oxygen atoms in total. The van der Waals surface area contributed by atoms with Gasteiger partial charge in [0.05, 0.1) is 6.04 Å². The average Bonchev–Trinajstić information content (AvgIpc) is 3.08. The first-order valence-corrected chi connectivity index (χ1v) is 10.0. The van der Waals surface area contributed by atoms with E-state index in [1.54, 1.807) is 0 Å².